The third-order valence-electron chi connectivity index (χ3n) is 2.71. The third-order valence-corrected chi connectivity index (χ3v) is 2.71. The summed E-state index contributed by atoms with van der Waals surface area (Å²) in [5.74, 6) is 0.639. The average Bonchev–Trinajstić information content (AvgIpc) is 2.91. The third kappa shape index (κ3) is 1.81. The van der Waals surface area contributed by atoms with Gasteiger partial charge in [-0.25, -0.2) is 0 Å². The van der Waals surface area contributed by atoms with Crippen molar-refractivity contribution in [2.45, 2.75) is 31.3 Å². The lowest BCUT2D eigenvalue weighted by Crippen LogP contribution is -2.10. The van der Waals surface area contributed by atoms with E-state index in [0.29, 0.717) is 18.9 Å². The molecule has 0 radical (unpaired) electrons. The lowest BCUT2D eigenvalue weighted by molar-refractivity contribution is 0.160. The fourth-order valence-electron chi connectivity index (χ4n) is 1.70. The summed E-state index contributed by atoms with van der Waals surface area (Å²) in [6.45, 7) is 0.505. The molecule has 1 fully saturated rings. The molecule has 0 spiro atoms. The molecule has 1 aromatic heterocycles. The summed E-state index contributed by atoms with van der Waals surface area (Å²) in [6.07, 6.45) is 2.61. The lowest BCUT2D eigenvalue weighted by Gasteiger charge is -2.08. The maximum Gasteiger partial charge on any atom is 0.0968 e. The molecule has 3 N–H and O–H groups in total. The molecule has 78 valence electrons. The molecule has 1 aromatic rings. The van der Waals surface area contributed by atoms with Crippen LogP contribution in [-0.4, -0.2) is 21.4 Å². The summed E-state index contributed by atoms with van der Waals surface area (Å²) in [5.41, 5.74) is 7.42. The van der Waals surface area contributed by atoms with Crippen molar-refractivity contribution in [1.29, 1.82) is 0 Å². The van der Waals surface area contributed by atoms with Crippen LogP contribution in [-0.2, 0) is 7.05 Å². The first-order chi connectivity index (χ1) is 6.72. The van der Waals surface area contributed by atoms with Gasteiger partial charge in [0.05, 0.1) is 17.5 Å². The molecule has 1 atom stereocenters. The van der Waals surface area contributed by atoms with Crippen LogP contribution in [0, 0.1) is 0 Å². The normalized spacial score (nSPS) is 18.5. The summed E-state index contributed by atoms with van der Waals surface area (Å²) >= 11 is 0. The fraction of sp³-hybridized carbons (Fsp3) is 0.700. The first kappa shape index (κ1) is 9.68. The summed E-state index contributed by atoms with van der Waals surface area (Å²) in [6, 6.07) is 2.01. The quantitative estimate of drug-likeness (QED) is 0.742. The average molecular weight is 195 g/mol. The highest BCUT2D eigenvalue weighted by Gasteiger charge is 2.27. The predicted molar refractivity (Wildman–Crippen MR) is 53.8 cm³/mol. The van der Waals surface area contributed by atoms with E-state index < -0.39 is 6.10 Å². The molecular formula is C10H17N3O. The van der Waals surface area contributed by atoms with E-state index in [2.05, 4.69) is 5.10 Å². The topological polar surface area (TPSA) is 64.1 Å². The number of nitrogens with two attached hydrogens (primary N) is 1. The van der Waals surface area contributed by atoms with Gasteiger partial charge in [-0.1, -0.05) is 0 Å². The number of rotatable bonds is 4. The van der Waals surface area contributed by atoms with Crippen molar-refractivity contribution in [2.24, 2.45) is 12.8 Å². The number of hydrogen-bond donors (Lipinski definition) is 2. The lowest BCUT2D eigenvalue weighted by atomic mass is 10.1. The van der Waals surface area contributed by atoms with E-state index in [4.69, 9.17) is 5.73 Å². The Morgan fingerprint density at radius 3 is 3.00 bits per heavy atom. The monoisotopic (exact) mass is 195 g/mol. The second-order valence-corrected chi connectivity index (χ2v) is 3.99. The van der Waals surface area contributed by atoms with Gasteiger partial charge in [0.15, 0.2) is 0 Å². The summed E-state index contributed by atoms with van der Waals surface area (Å²) in [4.78, 5) is 0. The molecule has 1 saturated carbocycles. The van der Waals surface area contributed by atoms with Crippen LogP contribution in [0.4, 0.5) is 0 Å². The van der Waals surface area contributed by atoms with Crippen molar-refractivity contribution in [3.8, 4) is 0 Å². The van der Waals surface area contributed by atoms with Gasteiger partial charge in [0.25, 0.3) is 0 Å². The number of aryl methyl sites for hydroxylation is 1. The second-order valence-electron chi connectivity index (χ2n) is 3.99. The highest BCUT2D eigenvalue weighted by atomic mass is 16.3. The Morgan fingerprint density at radius 1 is 1.71 bits per heavy atom. The van der Waals surface area contributed by atoms with E-state index in [9.17, 15) is 5.11 Å². The minimum atomic E-state index is -0.468. The van der Waals surface area contributed by atoms with Crippen LogP contribution in [0.3, 0.4) is 0 Å². The molecule has 1 heterocycles. The largest absolute Gasteiger partial charge is 0.387 e. The number of nitrogens with zero attached hydrogens (tertiary/aromatic N) is 2. The van der Waals surface area contributed by atoms with Crippen molar-refractivity contribution < 1.29 is 5.11 Å². The van der Waals surface area contributed by atoms with Crippen LogP contribution >= 0.6 is 0 Å². The Bertz CT molecular complexity index is 317. The standard InChI is InChI=1S/C10H17N3O/c1-13-9(10(14)4-5-11)6-8(12-13)7-2-3-7/h6-7,10,14H,2-5,11H2,1H3. The number of hydrogen-bond acceptors (Lipinski definition) is 3. The van der Waals surface area contributed by atoms with Crippen LogP contribution in [0.15, 0.2) is 6.07 Å². The molecule has 1 aliphatic rings. The van der Waals surface area contributed by atoms with Crippen LogP contribution < -0.4 is 5.73 Å². The number of aliphatic hydroxyl groups is 1. The molecule has 1 aliphatic carbocycles. The highest BCUT2D eigenvalue weighted by molar-refractivity contribution is 5.19. The maximum absolute atomic E-state index is 9.78. The molecular weight excluding hydrogens is 178 g/mol. The van der Waals surface area contributed by atoms with Gasteiger partial charge in [-0.15, -0.1) is 0 Å². The molecule has 0 aliphatic heterocycles. The predicted octanol–water partition coefficient (Wildman–Crippen LogP) is 0.680. The van der Waals surface area contributed by atoms with Gasteiger partial charge < -0.3 is 10.8 Å². The number of aromatic nitrogens is 2. The zero-order chi connectivity index (χ0) is 10.1. The van der Waals surface area contributed by atoms with Crippen molar-refractivity contribution >= 4 is 0 Å². The highest BCUT2D eigenvalue weighted by Crippen LogP contribution is 2.39. The molecule has 4 nitrogen and oxygen atoms in total. The van der Waals surface area contributed by atoms with Crippen LogP contribution in [0.1, 0.15) is 42.7 Å². The van der Waals surface area contributed by atoms with E-state index in [-0.39, 0.29) is 0 Å². The number of aliphatic hydroxyl groups excluding tert-OH is 1. The zero-order valence-corrected chi connectivity index (χ0v) is 8.48. The van der Waals surface area contributed by atoms with E-state index >= 15 is 0 Å². The van der Waals surface area contributed by atoms with E-state index in [1.165, 1.54) is 12.8 Å². The van der Waals surface area contributed by atoms with Crippen LogP contribution in [0.5, 0.6) is 0 Å². The molecule has 14 heavy (non-hydrogen) atoms. The Labute approximate surface area is 83.7 Å². The van der Waals surface area contributed by atoms with E-state index in [1.807, 2.05) is 13.1 Å². The molecule has 0 aromatic carbocycles. The van der Waals surface area contributed by atoms with E-state index in [0.717, 1.165) is 11.4 Å². The van der Waals surface area contributed by atoms with Crippen molar-refractivity contribution in [2.75, 3.05) is 6.54 Å². The molecule has 0 saturated heterocycles. The molecule has 0 amide bonds. The Kier molecular flexibility index (Phi) is 2.56. The van der Waals surface area contributed by atoms with Gasteiger partial charge in [0.2, 0.25) is 0 Å². The van der Waals surface area contributed by atoms with E-state index in [1.54, 1.807) is 4.68 Å². The summed E-state index contributed by atoms with van der Waals surface area (Å²) < 4.78 is 1.77. The molecule has 2 rings (SSSR count). The van der Waals surface area contributed by atoms with Crippen LogP contribution in [0.25, 0.3) is 0 Å². The first-order valence-electron chi connectivity index (χ1n) is 5.14. The Morgan fingerprint density at radius 2 is 2.43 bits per heavy atom. The van der Waals surface area contributed by atoms with Gasteiger partial charge in [0, 0.05) is 13.0 Å². The van der Waals surface area contributed by atoms with Gasteiger partial charge in [-0.05, 0) is 31.9 Å². The van der Waals surface area contributed by atoms with Gasteiger partial charge >= 0.3 is 0 Å². The molecule has 1 unspecified atom stereocenters. The van der Waals surface area contributed by atoms with Crippen LogP contribution in [0.2, 0.25) is 0 Å². The zero-order valence-electron chi connectivity index (χ0n) is 8.48. The van der Waals surface area contributed by atoms with Gasteiger partial charge in [-0.3, -0.25) is 4.68 Å². The summed E-state index contributed by atoms with van der Waals surface area (Å²) in [7, 11) is 1.88. The second kappa shape index (κ2) is 3.71. The molecule has 4 heteroatoms. The Balaban J connectivity index is 2.15. The minimum Gasteiger partial charge on any atom is -0.387 e. The smallest absolute Gasteiger partial charge is 0.0968 e. The Hall–Kier alpha value is -0.870. The minimum absolute atomic E-state index is 0.468. The van der Waals surface area contributed by atoms with Crippen molar-refractivity contribution in [3.63, 3.8) is 0 Å². The maximum atomic E-state index is 9.78. The molecule has 0 bridgehead atoms. The summed E-state index contributed by atoms with van der Waals surface area (Å²) in [5, 5.41) is 14.2. The SMILES string of the molecule is Cn1nc(C2CC2)cc1C(O)CCN. The van der Waals surface area contributed by atoms with Crippen molar-refractivity contribution in [1.82, 2.24) is 9.78 Å². The first-order valence-corrected chi connectivity index (χ1v) is 5.14. The van der Waals surface area contributed by atoms with Crippen molar-refractivity contribution in [3.05, 3.63) is 17.5 Å². The van der Waals surface area contributed by atoms with Gasteiger partial charge in [-0.2, -0.15) is 5.10 Å². The fourth-order valence-corrected chi connectivity index (χ4v) is 1.70. The van der Waals surface area contributed by atoms with Gasteiger partial charge in [0.1, 0.15) is 0 Å².